The standard InChI is InChI=1S/C13H21N7S/c1-3-20-9-15-16-11(20)8-21-13-18-17-12(19(13)2)10-4-6-14-7-5-10/h9-10,14H,3-8H2,1-2H3. The van der Waals surface area contributed by atoms with Crippen molar-refractivity contribution in [1.29, 1.82) is 0 Å². The number of hydrogen-bond donors (Lipinski definition) is 1. The second-order valence-electron chi connectivity index (χ2n) is 5.25. The molecule has 2 aromatic heterocycles. The smallest absolute Gasteiger partial charge is 0.191 e. The van der Waals surface area contributed by atoms with E-state index in [9.17, 15) is 0 Å². The molecular formula is C13H21N7S. The van der Waals surface area contributed by atoms with E-state index in [0.717, 1.165) is 55.0 Å². The monoisotopic (exact) mass is 307 g/mol. The molecule has 3 heterocycles. The third-order valence-electron chi connectivity index (χ3n) is 3.94. The van der Waals surface area contributed by atoms with Crippen LogP contribution in [0.4, 0.5) is 0 Å². The fourth-order valence-electron chi connectivity index (χ4n) is 2.67. The number of hydrogen-bond acceptors (Lipinski definition) is 6. The van der Waals surface area contributed by atoms with Crippen LogP contribution in [-0.4, -0.2) is 42.6 Å². The number of rotatable bonds is 5. The number of thioether (sulfide) groups is 1. The second-order valence-corrected chi connectivity index (χ2v) is 6.19. The highest BCUT2D eigenvalue weighted by Crippen LogP contribution is 2.27. The van der Waals surface area contributed by atoms with E-state index in [1.54, 1.807) is 18.1 Å². The Bertz CT molecular complexity index is 585. The van der Waals surface area contributed by atoms with Gasteiger partial charge in [0.05, 0.1) is 5.75 Å². The molecule has 0 unspecified atom stereocenters. The van der Waals surface area contributed by atoms with Crippen LogP contribution >= 0.6 is 11.8 Å². The lowest BCUT2D eigenvalue weighted by molar-refractivity contribution is 0.434. The van der Waals surface area contributed by atoms with Crippen LogP contribution < -0.4 is 5.32 Å². The van der Waals surface area contributed by atoms with Crippen molar-refractivity contribution in [3.8, 4) is 0 Å². The molecule has 0 atom stereocenters. The maximum atomic E-state index is 4.40. The molecule has 0 aromatic carbocycles. The van der Waals surface area contributed by atoms with Gasteiger partial charge >= 0.3 is 0 Å². The molecule has 0 amide bonds. The molecule has 1 saturated heterocycles. The summed E-state index contributed by atoms with van der Waals surface area (Å²) in [6, 6.07) is 0. The molecule has 0 bridgehead atoms. The summed E-state index contributed by atoms with van der Waals surface area (Å²) >= 11 is 1.67. The maximum Gasteiger partial charge on any atom is 0.191 e. The van der Waals surface area contributed by atoms with Crippen molar-refractivity contribution in [2.45, 2.75) is 43.1 Å². The summed E-state index contributed by atoms with van der Waals surface area (Å²) in [7, 11) is 2.06. The van der Waals surface area contributed by atoms with Crippen molar-refractivity contribution in [3.05, 3.63) is 18.0 Å². The van der Waals surface area contributed by atoms with Crippen LogP contribution in [0.5, 0.6) is 0 Å². The molecule has 114 valence electrons. The van der Waals surface area contributed by atoms with Crippen molar-refractivity contribution in [2.75, 3.05) is 13.1 Å². The SMILES string of the molecule is CCn1cnnc1CSc1nnc(C2CCNCC2)n1C. The average molecular weight is 307 g/mol. The van der Waals surface area contributed by atoms with Crippen LogP contribution in [0.1, 0.15) is 37.3 Å². The first-order chi connectivity index (χ1) is 10.3. The highest BCUT2D eigenvalue weighted by atomic mass is 32.2. The fourth-order valence-corrected chi connectivity index (χ4v) is 3.54. The van der Waals surface area contributed by atoms with Gasteiger partial charge in [0.15, 0.2) is 5.16 Å². The van der Waals surface area contributed by atoms with E-state index in [-0.39, 0.29) is 0 Å². The van der Waals surface area contributed by atoms with Gasteiger partial charge < -0.3 is 14.5 Å². The zero-order valence-corrected chi connectivity index (χ0v) is 13.3. The van der Waals surface area contributed by atoms with Gasteiger partial charge in [-0.05, 0) is 32.9 Å². The molecule has 2 aromatic rings. The lowest BCUT2D eigenvalue weighted by atomic mass is 9.97. The highest BCUT2D eigenvalue weighted by molar-refractivity contribution is 7.98. The van der Waals surface area contributed by atoms with Crippen LogP contribution in [0.3, 0.4) is 0 Å². The molecule has 0 spiro atoms. The van der Waals surface area contributed by atoms with E-state index in [0.29, 0.717) is 5.92 Å². The van der Waals surface area contributed by atoms with Crippen molar-refractivity contribution >= 4 is 11.8 Å². The van der Waals surface area contributed by atoms with E-state index in [2.05, 4.69) is 48.8 Å². The number of aromatic nitrogens is 6. The summed E-state index contributed by atoms with van der Waals surface area (Å²) in [5.41, 5.74) is 0. The number of piperidine rings is 1. The molecule has 0 saturated carbocycles. The van der Waals surface area contributed by atoms with Crippen molar-refractivity contribution < 1.29 is 0 Å². The van der Waals surface area contributed by atoms with Gasteiger partial charge in [0.2, 0.25) is 0 Å². The van der Waals surface area contributed by atoms with Gasteiger partial charge in [-0.1, -0.05) is 11.8 Å². The first kappa shape index (κ1) is 14.5. The third-order valence-corrected chi connectivity index (χ3v) is 4.96. The Balaban J connectivity index is 1.67. The average Bonchev–Trinajstić information content (AvgIpc) is 3.12. The minimum atomic E-state index is 0.525. The number of nitrogens with one attached hydrogen (secondary N) is 1. The molecule has 7 nitrogen and oxygen atoms in total. The van der Waals surface area contributed by atoms with Crippen LogP contribution in [0.2, 0.25) is 0 Å². The molecule has 21 heavy (non-hydrogen) atoms. The fraction of sp³-hybridized carbons (Fsp3) is 0.692. The zero-order chi connectivity index (χ0) is 14.7. The molecule has 1 aliphatic heterocycles. The van der Waals surface area contributed by atoms with Gasteiger partial charge in [0.25, 0.3) is 0 Å². The van der Waals surface area contributed by atoms with Crippen molar-refractivity contribution in [3.63, 3.8) is 0 Å². The Morgan fingerprint density at radius 1 is 1.29 bits per heavy atom. The lowest BCUT2D eigenvalue weighted by Crippen LogP contribution is -2.27. The minimum absolute atomic E-state index is 0.525. The Morgan fingerprint density at radius 3 is 2.86 bits per heavy atom. The predicted molar refractivity (Wildman–Crippen MR) is 81.1 cm³/mol. The van der Waals surface area contributed by atoms with Crippen LogP contribution in [0, 0.1) is 0 Å². The predicted octanol–water partition coefficient (Wildman–Crippen LogP) is 1.19. The van der Waals surface area contributed by atoms with Crippen LogP contribution in [-0.2, 0) is 19.3 Å². The minimum Gasteiger partial charge on any atom is -0.317 e. The third kappa shape index (κ3) is 3.11. The molecule has 1 aliphatic rings. The van der Waals surface area contributed by atoms with E-state index < -0.39 is 0 Å². The number of nitrogens with zero attached hydrogens (tertiary/aromatic N) is 6. The summed E-state index contributed by atoms with van der Waals surface area (Å²) in [5, 5.41) is 21.2. The molecule has 3 rings (SSSR count). The topological polar surface area (TPSA) is 73.4 Å². The van der Waals surface area contributed by atoms with Gasteiger partial charge in [-0.3, -0.25) is 0 Å². The molecule has 1 fully saturated rings. The van der Waals surface area contributed by atoms with E-state index in [4.69, 9.17) is 0 Å². The van der Waals surface area contributed by atoms with Crippen molar-refractivity contribution in [1.82, 2.24) is 34.8 Å². The van der Waals surface area contributed by atoms with Gasteiger partial charge in [-0.2, -0.15) is 0 Å². The summed E-state index contributed by atoms with van der Waals surface area (Å²) in [6.45, 7) is 5.12. The van der Waals surface area contributed by atoms with Gasteiger partial charge in [0.1, 0.15) is 18.0 Å². The zero-order valence-electron chi connectivity index (χ0n) is 12.5. The maximum absolute atomic E-state index is 4.40. The van der Waals surface area contributed by atoms with Gasteiger partial charge in [-0.25, -0.2) is 0 Å². The Kier molecular flexibility index (Phi) is 4.54. The van der Waals surface area contributed by atoms with Crippen LogP contribution in [0.25, 0.3) is 0 Å². The summed E-state index contributed by atoms with van der Waals surface area (Å²) in [5.74, 6) is 3.38. The number of aryl methyl sites for hydroxylation is 1. The van der Waals surface area contributed by atoms with Gasteiger partial charge in [0, 0.05) is 19.5 Å². The Morgan fingerprint density at radius 2 is 2.10 bits per heavy atom. The van der Waals surface area contributed by atoms with E-state index >= 15 is 0 Å². The molecule has 8 heteroatoms. The first-order valence-corrected chi connectivity index (χ1v) is 8.37. The van der Waals surface area contributed by atoms with Crippen LogP contribution in [0.15, 0.2) is 11.5 Å². The summed E-state index contributed by atoms with van der Waals surface area (Å²) in [6.07, 6.45) is 4.05. The largest absolute Gasteiger partial charge is 0.317 e. The first-order valence-electron chi connectivity index (χ1n) is 7.39. The van der Waals surface area contributed by atoms with E-state index in [1.165, 1.54) is 0 Å². The quantitative estimate of drug-likeness (QED) is 0.836. The normalized spacial score (nSPS) is 16.5. The van der Waals surface area contributed by atoms with Crippen molar-refractivity contribution in [2.24, 2.45) is 7.05 Å². The lowest BCUT2D eigenvalue weighted by Gasteiger charge is -2.21. The summed E-state index contributed by atoms with van der Waals surface area (Å²) in [4.78, 5) is 0. The Hall–Kier alpha value is -1.41. The molecule has 0 radical (unpaired) electrons. The highest BCUT2D eigenvalue weighted by Gasteiger charge is 2.21. The molecule has 1 N–H and O–H groups in total. The molecular weight excluding hydrogens is 286 g/mol. The van der Waals surface area contributed by atoms with Gasteiger partial charge in [-0.15, -0.1) is 20.4 Å². The Labute approximate surface area is 128 Å². The second kappa shape index (κ2) is 6.57. The molecule has 0 aliphatic carbocycles. The summed E-state index contributed by atoms with van der Waals surface area (Å²) < 4.78 is 4.18. The van der Waals surface area contributed by atoms with E-state index in [1.807, 2.05) is 0 Å².